The van der Waals surface area contributed by atoms with Crippen molar-refractivity contribution in [1.82, 2.24) is 10.6 Å². The van der Waals surface area contributed by atoms with Gasteiger partial charge in [0.05, 0.1) is 48.4 Å². The average Bonchev–Trinajstić information content (AvgIpc) is 2.85. The zero-order valence-corrected chi connectivity index (χ0v) is 23.8. The van der Waals surface area contributed by atoms with Crippen LogP contribution in [-0.4, -0.2) is 65.4 Å². The number of hydrogen-bond acceptors (Lipinski definition) is 5. The van der Waals surface area contributed by atoms with Crippen LogP contribution >= 0.6 is 11.6 Å². The molecule has 3 N–H and O–H groups in total. The summed E-state index contributed by atoms with van der Waals surface area (Å²) >= 11 is 6.07. The summed E-state index contributed by atoms with van der Waals surface area (Å²) in [6.07, 6.45) is 13.9. The van der Waals surface area contributed by atoms with E-state index >= 15 is 0 Å². The van der Waals surface area contributed by atoms with Crippen molar-refractivity contribution in [1.29, 1.82) is 0 Å². The first-order valence-electron chi connectivity index (χ1n) is 13.6. The molecule has 0 spiro atoms. The number of aliphatic hydroxyl groups is 1. The normalized spacial score (nSPS) is 33.1. The summed E-state index contributed by atoms with van der Waals surface area (Å²) in [4.78, 5) is 24.2. The van der Waals surface area contributed by atoms with Crippen LogP contribution < -0.4 is 10.6 Å². The van der Waals surface area contributed by atoms with Crippen molar-refractivity contribution in [3.8, 4) is 0 Å². The van der Waals surface area contributed by atoms with E-state index in [2.05, 4.69) is 23.6 Å². The number of hydrogen-bond donors (Lipinski definition) is 3. The maximum Gasteiger partial charge on any atom is 0.243 e. The Morgan fingerprint density at radius 2 is 1.95 bits per heavy atom. The van der Waals surface area contributed by atoms with Crippen LogP contribution in [0.2, 0.25) is 0 Å². The largest absolute Gasteiger partial charge is 0.388 e. The molecule has 0 aromatic carbocycles. The van der Waals surface area contributed by atoms with Gasteiger partial charge in [-0.2, -0.15) is 0 Å². The van der Waals surface area contributed by atoms with E-state index in [-0.39, 0.29) is 54.6 Å². The van der Waals surface area contributed by atoms with E-state index in [4.69, 9.17) is 21.1 Å². The Labute approximate surface area is 228 Å². The van der Waals surface area contributed by atoms with Gasteiger partial charge in [0.2, 0.25) is 11.8 Å². The third kappa shape index (κ3) is 10.9. The number of rotatable bonds is 12. The highest BCUT2D eigenvalue weighted by atomic mass is 35.5. The number of halogens is 1. The molecule has 8 heteroatoms. The van der Waals surface area contributed by atoms with Crippen molar-refractivity contribution in [3.05, 3.63) is 42.4 Å². The van der Waals surface area contributed by atoms with Crippen molar-refractivity contribution in [2.45, 2.75) is 109 Å². The molecule has 2 heterocycles. The number of ether oxygens (including phenoxy) is 2. The van der Waals surface area contributed by atoms with Crippen LogP contribution in [0.3, 0.4) is 0 Å². The summed E-state index contributed by atoms with van der Waals surface area (Å²) < 4.78 is 12.4. The van der Waals surface area contributed by atoms with Crippen molar-refractivity contribution in [2.24, 2.45) is 5.92 Å². The summed E-state index contributed by atoms with van der Waals surface area (Å²) in [5.74, 6) is 0.237. The standard InChI is InChI=1S/C29H46ClN2O5/c1-6-8-9-27(33)32-25-15-21(4)26(36-22(25)5)13-11-20(3)10-12-23-17-29(35,19-30)18-24(37-23)16-28(34)31-14-7-2/h6,8-12,21-26,35H,7,13-19H2,1-5H3,(H,31,34)(H,32,33)/b9-8-,12-10+,20-11+/t21-,22+,23+,24+,25+,26-,29-/m0/s1. The quantitative estimate of drug-likeness (QED) is 0.195. The van der Waals surface area contributed by atoms with Gasteiger partial charge in [0.15, 0.2) is 0 Å². The molecule has 2 saturated heterocycles. The summed E-state index contributed by atoms with van der Waals surface area (Å²) in [5.41, 5.74) is 0.0147. The first-order valence-corrected chi connectivity index (χ1v) is 14.1. The van der Waals surface area contributed by atoms with Crippen LogP contribution in [0.15, 0.2) is 36.0 Å². The molecule has 0 aromatic heterocycles. The van der Waals surface area contributed by atoms with Crippen molar-refractivity contribution >= 4 is 23.4 Å². The molecule has 2 amide bonds. The molecular weight excluding hydrogens is 492 g/mol. The third-order valence-electron chi connectivity index (χ3n) is 7.02. The van der Waals surface area contributed by atoms with E-state index in [0.29, 0.717) is 25.3 Å². The third-order valence-corrected chi connectivity index (χ3v) is 7.52. The molecule has 0 unspecified atom stereocenters. The number of amides is 2. The van der Waals surface area contributed by atoms with Gasteiger partial charge in [-0.25, -0.2) is 0 Å². The lowest BCUT2D eigenvalue weighted by Crippen LogP contribution is -2.50. The molecule has 7 atom stereocenters. The summed E-state index contributed by atoms with van der Waals surface area (Å²) in [6, 6.07) is -0.00800. The Morgan fingerprint density at radius 1 is 1.19 bits per heavy atom. The number of alkyl halides is 1. The number of nitrogens with one attached hydrogen (secondary N) is 2. The highest BCUT2D eigenvalue weighted by Crippen LogP contribution is 2.32. The van der Waals surface area contributed by atoms with E-state index in [0.717, 1.165) is 24.8 Å². The number of carbonyl (C=O) groups excluding carboxylic acids is 2. The van der Waals surface area contributed by atoms with Crippen molar-refractivity contribution in [3.63, 3.8) is 0 Å². The van der Waals surface area contributed by atoms with Gasteiger partial charge in [0.25, 0.3) is 0 Å². The predicted octanol–water partition coefficient (Wildman–Crippen LogP) is 4.39. The molecule has 209 valence electrons. The molecule has 0 aliphatic carbocycles. The maximum atomic E-state index is 12.2. The Morgan fingerprint density at radius 3 is 2.62 bits per heavy atom. The van der Waals surface area contributed by atoms with Crippen LogP contribution in [-0.2, 0) is 19.1 Å². The Bertz CT molecular complexity index is 829. The van der Waals surface area contributed by atoms with Crippen molar-refractivity contribution in [2.75, 3.05) is 12.4 Å². The molecule has 0 saturated carbocycles. The summed E-state index contributed by atoms with van der Waals surface area (Å²) in [7, 11) is 0. The zero-order valence-electron chi connectivity index (χ0n) is 23.0. The summed E-state index contributed by atoms with van der Waals surface area (Å²) in [6.45, 7) is 10.7. The van der Waals surface area contributed by atoms with Gasteiger partial charge in [-0.1, -0.05) is 50.6 Å². The van der Waals surface area contributed by atoms with Gasteiger partial charge in [0.1, 0.15) is 0 Å². The minimum absolute atomic E-state index is 0.00800. The van der Waals surface area contributed by atoms with E-state index in [1.165, 1.54) is 6.08 Å². The number of allylic oxidation sites excluding steroid dienone is 3. The van der Waals surface area contributed by atoms with Crippen molar-refractivity contribution < 1.29 is 24.2 Å². The molecule has 0 bridgehead atoms. The molecule has 0 aromatic rings. The maximum absolute atomic E-state index is 12.2. The molecule has 7 nitrogen and oxygen atoms in total. The Kier molecular flexibility index (Phi) is 13.4. The molecule has 37 heavy (non-hydrogen) atoms. The van der Waals surface area contributed by atoms with E-state index < -0.39 is 5.60 Å². The average molecular weight is 538 g/mol. The van der Waals surface area contributed by atoms with E-state index in [1.54, 1.807) is 6.08 Å². The first-order chi connectivity index (χ1) is 17.6. The molecular formula is C29H46ClN2O5. The van der Waals surface area contributed by atoms with E-state index in [1.807, 2.05) is 46.3 Å². The van der Waals surface area contributed by atoms with Crippen LogP contribution in [0.4, 0.5) is 0 Å². The van der Waals surface area contributed by atoms with E-state index in [9.17, 15) is 14.7 Å². The second kappa shape index (κ2) is 15.7. The predicted molar refractivity (Wildman–Crippen MR) is 148 cm³/mol. The lowest BCUT2D eigenvalue weighted by atomic mass is 9.87. The smallest absolute Gasteiger partial charge is 0.243 e. The lowest BCUT2D eigenvalue weighted by Gasteiger charge is -2.39. The fraction of sp³-hybridized carbons (Fsp3) is 0.690. The monoisotopic (exact) mass is 537 g/mol. The SMILES string of the molecule is C[CH]/C=C\C(=O)N[C@@H]1C[C@H](C)[C@H](C/C=C(C)/C=C/[C@@H]2C[C@@](O)(CCl)C[C@@H](CC(=O)NCCC)O2)O[C@@H]1C. The topological polar surface area (TPSA) is 96.9 Å². The second-order valence-corrected chi connectivity index (χ2v) is 10.8. The second-order valence-electron chi connectivity index (χ2n) is 10.6. The molecule has 2 fully saturated rings. The van der Waals surface area contributed by atoms with Crippen LogP contribution in [0.25, 0.3) is 0 Å². The fourth-order valence-corrected chi connectivity index (χ4v) is 5.09. The van der Waals surface area contributed by atoms with Gasteiger partial charge in [0, 0.05) is 19.4 Å². The Balaban J connectivity index is 1.91. The van der Waals surface area contributed by atoms with Gasteiger partial charge >= 0.3 is 0 Å². The minimum Gasteiger partial charge on any atom is -0.388 e. The zero-order chi connectivity index (χ0) is 27.4. The molecule has 2 rings (SSSR count). The molecule has 2 aliphatic rings. The van der Waals surface area contributed by atoms with Crippen LogP contribution in [0.5, 0.6) is 0 Å². The first kappa shape index (κ1) is 31.5. The van der Waals surface area contributed by atoms with Crippen LogP contribution in [0.1, 0.15) is 73.1 Å². The minimum atomic E-state index is -1.06. The highest BCUT2D eigenvalue weighted by Gasteiger charge is 2.39. The van der Waals surface area contributed by atoms with Gasteiger partial charge in [-0.3, -0.25) is 9.59 Å². The number of carbonyl (C=O) groups is 2. The van der Waals surface area contributed by atoms with Gasteiger partial charge < -0.3 is 25.2 Å². The molecule has 1 radical (unpaired) electrons. The lowest BCUT2D eigenvalue weighted by molar-refractivity contribution is -0.138. The Hall–Kier alpha value is -1.67. The summed E-state index contributed by atoms with van der Waals surface area (Å²) in [5, 5.41) is 16.8. The van der Waals surface area contributed by atoms with Gasteiger partial charge in [-0.05, 0) is 51.5 Å². The van der Waals surface area contributed by atoms with Crippen LogP contribution in [0, 0.1) is 12.3 Å². The fourth-order valence-electron chi connectivity index (χ4n) is 4.87. The van der Waals surface area contributed by atoms with Gasteiger partial charge in [-0.15, -0.1) is 11.6 Å². The molecule has 2 aliphatic heterocycles. The highest BCUT2D eigenvalue weighted by molar-refractivity contribution is 6.18.